The summed E-state index contributed by atoms with van der Waals surface area (Å²) >= 11 is 0. The molecule has 3 rings (SSSR count). The smallest absolute Gasteiger partial charge is 0.263 e. The molecule has 1 aliphatic heterocycles. The van der Waals surface area contributed by atoms with E-state index in [4.69, 9.17) is 0 Å². The summed E-state index contributed by atoms with van der Waals surface area (Å²) < 4.78 is 28.0. The summed E-state index contributed by atoms with van der Waals surface area (Å²) in [6.45, 7) is 6.93. The summed E-state index contributed by atoms with van der Waals surface area (Å²) in [7, 11) is -3.65. The third-order valence-corrected chi connectivity index (χ3v) is 6.55. The number of sulfonamides is 1. The molecule has 2 aromatic rings. The van der Waals surface area contributed by atoms with Gasteiger partial charge in [-0.15, -0.1) is 0 Å². The highest BCUT2D eigenvalue weighted by Gasteiger charge is 2.22. The van der Waals surface area contributed by atoms with E-state index >= 15 is 0 Å². The highest BCUT2D eigenvalue weighted by molar-refractivity contribution is 7.92. The lowest BCUT2D eigenvalue weighted by Crippen LogP contribution is -2.39. The summed E-state index contributed by atoms with van der Waals surface area (Å²) in [5.74, 6) is 0.347. The van der Waals surface area contributed by atoms with E-state index in [0.29, 0.717) is 16.8 Å². The molecule has 2 heterocycles. The Bertz CT molecular complexity index is 863. The molecule has 0 aliphatic carbocycles. The number of pyridine rings is 1. The van der Waals surface area contributed by atoms with Gasteiger partial charge in [-0.05, 0) is 68.9 Å². The van der Waals surface area contributed by atoms with Gasteiger partial charge in [-0.2, -0.15) is 0 Å². The van der Waals surface area contributed by atoms with E-state index < -0.39 is 10.0 Å². The molecule has 1 aromatic carbocycles. The number of aromatic nitrogens is 1. The summed E-state index contributed by atoms with van der Waals surface area (Å²) in [5.41, 5.74) is 2.69. The van der Waals surface area contributed by atoms with Gasteiger partial charge >= 0.3 is 0 Å². The second kappa shape index (κ2) is 7.66. The first-order chi connectivity index (χ1) is 12.4. The molecule has 1 aromatic heterocycles. The largest absolute Gasteiger partial charge is 0.367 e. The van der Waals surface area contributed by atoms with Crippen LogP contribution in [0.5, 0.6) is 0 Å². The Hall–Kier alpha value is -2.08. The van der Waals surface area contributed by atoms with E-state index in [1.54, 1.807) is 25.3 Å². The average molecular weight is 374 g/mol. The van der Waals surface area contributed by atoms with Gasteiger partial charge in [0.1, 0.15) is 5.82 Å². The predicted octanol–water partition coefficient (Wildman–Crippen LogP) is 4.27. The fourth-order valence-corrected chi connectivity index (χ4v) is 4.91. The zero-order valence-corrected chi connectivity index (χ0v) is 16.5. The Balaban J connectivity index is 1.79. The molecule has 0 radical (unpaired) electrons. The van der Waals surface area contributed by atoms with Crippen LogP contribution in [0.4, 0.5) is 11.5 Å². The van der Waals surface area contributed by atoms with Crippen molar-refractivity contribution in [2.24, 2.45) is 0 Å². The normalized spacial score (nSPS) is 18.0. The maximum Gasteiger partial charge on any atom is 0.263 e. The van der Waals surface area contributed by atoms with Gasteiger partial charge < -0.3 is 4.90 Å². The van der Waals surface area contributed by atoms with Crippen molar-refractivity contribution < 1.29 is 8.42 Å². The van der Waals surface area contributed by atoms with Gasteiger partial charge in [0, 0.05) is 12.6 Å². The predicted molar refractivity (Wildman–Crippen MR) is 106 cm³/mol. The summed E-state index contributed by atoms with van der Waals surface area (Å²) in [5, 5.41) is 0. The standard InChI is InChI=1S/C20H27N3O2S/c1-4-17-7-5-6-12-23(17)18-10-11-20(21-14-18)22-26(24,25)19-13-15(2)8-9-16(19)3/h8-11,13-14,17H,4-7,12H2,1-3H3,(H,21,22). The minimum absolute atomic E-state index is 0.297. The fourth-order valence-electron chi connectivity index (χ4n) is 3.57. The van der Waals surface area contributed by atoms with Gasteiger partial charge in [-0.25, -0.2) is 13.4 Å². The van der Waals surface area contributed by atoms with Crippen molar-refractivity contribution >= 4 is 21.5 Å². The molecule has 1 fully saturated rings. The average Bonchev–Trinajstić information content (AvgIpc) is 2.64. The van der Waals surface area contributed by atoms with Gasteiger partial charge in [-0.1, -0.05) is 19.1 Å². The second-order valence-electron chi connectivity index (χ2n) is 7.03. The zero-order valence-electron chi connectivity index (χ0n) is 15.7. The Kier molecular flexibility index (Phi) is 5.51. The first kappa shape index (κ1) is 18.7. The van der Waals surface area contributed by atoms with Crippen molar-refractivity contribution in [1.82, 2.24) is 4.98 Å². The molecule has 1 atom stereocenters. The quantitative estimate of drug-likeness (QED) is 0.850. The van der Waals surface area contributed by atoms with Crippen molar-refractivity contribution in [3.8, 4) is 0 Å². The van der Waals surface area contributed by atoms with Crippen LogP contribution < -0.4 is 9.62 Å². The minimum Gasteiger partial charge on any atom is -0.367 e. The lowest BCUT2D eigenvalue weighted by molar-refractivity contribution is 0.449. The monoisotopic (exact) mass is 373 g/mol. The molecule has 1 saturated heterocycles. The molecule has 1 aliphatic rings. The first-order valence-electron chi connectivity index (χ1n) is 9.23. The third kappa shape index (κ3) is 4.01. The molecule has 1 unspecified atom stereocenters. The lowest BCUT2D eigenvalue weighted by Gasteiger charge is -2.37. The number of rotatable bonds is 5. The number of benzene rings is 1. The number of hydrogen-bond donors (Lipinski definition) is 1. The molecule has 26 heavy (non-hydrogen) atoms. The van der Waals surface area contributed by atoms with E-state index in [2.05, 4.69) is 21.5 Å². The SMILES string of the molecule is CCC1CCCCN1c1ccc(NS(=O)(=O)c2cc(C)ccc2C)nc1. The second-order valence-corrected chi connectivity index (χ2v) is 8.68. The van der Waals surface area contributed by atoms with E-state index in [1.807, 2.05) is 25.1 Å². The van der Waals surface area contributed by atoms with Gasteiger partial charge in [0.2, 0.25) is 0 Å². The van der Waals surface area contributed by atoms with Crippen LogP contribution in [0.25, 0.3) is 0 Å². The Morgan fingerprint density at radius 1 is 1.19 bits per heavy atom. The maximum absolute atomic E-state index is 12.7. The zero-order chi connectivity index (χ0) is 18.7. The van der Waals surface area contributed by atoms with Crippen LogP contribution in [0.3, 0.4) is 0 Å². The summed E-state index contributed by atoms with van der Waals surface area (Å²) in [6.07, 6.45) is 6.56. The summed E-state index contributed by atoms with van der Waals surface area (Å²) in [4.78, 5) is 7.04. The Morgan fingerprint density at radius 2 is 2.00 bits per heavy atom. The maximum atomic E-state index is 12.7. The van der Waals surface area contributed by atoms with Crippen LogP contribution in [0.2, 0.25) is 0 Å². The molecular formula is C20H27N3O2S. The van der Waals surface area contributed by atoms with E-state index in [-0.39, 0.29) is 0 Å². The summed E-state index contributed by atoms with van der Waals surface area (Å²) in [6, 6.07) is 9.67. The van der Waals surface area contributed by atoms with Gasteiger partial charge in [0.05, 0.1) is 16.8 Å². The van der Waals surface area contributed by atoms with Gasteiger partial charge in [-0.3, -0.25) is 4.72 Å². The van der Waals surface area contributed by atoms with E-state index in [1.165, 1.54) is 19.3 Å². The third-order valence-electron chi connectivity index (χ3n) is 5.05. The number of anilines is 2. The fraction of sp³-hybridized carbons (Fsp3) is 0.450. The van der Waals surface area contributed by atoms with Crippen LogP contribution in [0.1, 0.15) is 43.7 Å². The van der Waals surface area contributed by atoms with Gasteiger partial charge in [0.15, 0.2) is 0 Å². The van der Waals surface area contributed by atoms with Crippen molar-refractivity contribution in [3.05, 3.63) is 47.7 Å². The highest BCUT2D eigenvalue weighted by atomic mass is 32.2. The van der Waals surface area contributed by atoms with Crippen molar-refractivity contribution in [3.63, 3.8) is 0 Å². The number of nitrogens with one attached hydrogen (secondary N) is 1. The molecule has 0 spiro atoms. The molecule has 140 valence electrons. The van der Waals surface area contributed by atoms with Crippen LogP contribution >= 0.6 is 0 Å². The number of aryl methyl sites for hydroxylation is 2. The number of nitrogens with zero attached hydrogens (tertiary/aromatic N) is 2. The number of piperidine rings is 1. The topological polar surface area (TPSA) is 62.3 Å². The minimum atomic E-state index is -3.65. The lowest BCUT2D eigenvalue weighted by atomic mass is 9.99. The molecule has 0 amide bonds. The molecule has 1 N–H and O–H groups in total. The van der Waals surface area contributed by atoms with Crippen LogP contribution in [-0.2, 0) is 10.0 Å². The Morgan fingerprint density at radius 3 is 2.69 bits per heavy atom. The number of hydrogen-bond acceptors (Lipinski definition) is 4. The first-order valence-corrected chi connectivity index (χ1v) is 10.7. The molecule has 6 heteroatoms. The van der Waals surface area contributed by atoms with E-state index in [9.17, 15) is 8.42 Å². The van der Waals surface area contributed by atoms with Crippen LogP contribution in [-0.4, -0.2) is 26.0 Å². The van der Waals surface area contributed by atoms with E-state index in [0.717, 1.165) is 29.8 Å². The van der Waals surface area contributed by atoms with Crippen LogP contribution in [0.15, 0.2) is 41.4 Å². The Labute approximate surface area is 156 Å². The van der Waals surface area contributed by atoms with Crippen LogP contribution in [0, 0.1) is 13.8 Å². The van der Waals surface area contributed by atoms with Crippen molar-refractivity contribution in [2.75, 3.05) is 16.2 Å². The molecule has 5 nitrogen and oxygen atoms in total. The molecule has 0 saturated carbocycles. The van der Waals surface area contributed by atoms with Crippen molar-refractivity contribution in [2.45, 2.75) is 57.4 Å². The molecule has 0 bridgehead atoms. The highest BCUT2D eigenvalue weighted by Crippen LogP contribution is 2.27. The van der Waals surface area contributed by atoms with Gasteiger partial charge in [0.25, 0.3) is 10.0 Å². The van der Waals surface area contributed by atoms with Crippen molar-refractivity contribution in [1.29, 1.82) is 0 Å². The molecular weight excluding hydrogens is 346 g/mol.